The maximum atomic E-state index is 12.6. The molecule has 17 heavy (non-hydrogen) atoms. The van der Waals surface area contributed by atoms with E-state index in [1.165, 1.54) is 0 Å². The number of rotatable bonds is 3. The molecule has 0 saturated carbocycles. The fourth-order valence-corrected chi connectivity index (χ4v) is 1.57. The lowest BCUT2D eigenvalue weighted by molar-refractivity contribution is -0.139. The van der Waals surface area contributed by atoms with E-state index in [9.17, 15) is 18.0 Å². The number of carbonyl (C=O) groups is 1. The minimum atomic E-state index is -4.70. The van der Waals surface area contributed by atoms with Crippen LogP contribution < -0.4 is 5.73 Å². The number of aliphatic carboxylic acids is 1. The molecule has 94 valence electrons. The zero-order valence-corrected chi connectivity index (χ0v) is 9.14. The average molecular weight is 269 g/mol. The van der Waals surface area contributed by atoms with Crippen LogP contribution in [0.15, 0.2) is 6.20 Å². The van der Waals surface area contributed by atoms with E-state index >= 15 is 0 Å². The number of nitrogens with two attached hydrogens (primary N) is 1. The van der Waals surface area contributed by atoms with Crippen molar-refractivity contribution < 1.29 is 23.1 Å². The molecule has 1 heterocycles. The van der Waals surface area contributed by atoms with E-state index in [4.69, 9.17) is 22.4 Å². The molecule has 0 aromatic carbocycles. The van der Waals surface area contributed by atoms with Gasteiger partial charge in [-0.15, -0.1) is 0 Å². The van der Waals surface area contributed by atoms with Gasteiger partial charge in [0.15, 0.2) is 0 Å². The van der Waals surface area contributed by atoms with Crippen LogP contribution in [-0.2, 0) is 23.9 Å². The monoisotopic (exact) mass is 268 g/mol. The molecular weight excluding hydrogens is 261 g/mol. The minimum absolute atomic E-state index is 0.0379. The second kappa shape index (κ2) is 4.89. The van der Waals surface area contributed by atoms with Gasteiger partial charge in [0.2, 0.25) is 0 Å². The molecule has 4 nitrogen and oxygen atoms in total. The summed E-state index contributed by atoms with van der Waals surface area (Å²) < 4.78 is 37.8. The summed E-state index contributed by atoms with van der Waals surface area (Å²) in [7, 11) is 0. The van der Waals surface area contributed by atoms with Crippen molar-refractivity contribution in [3.8, 4) is 0 Å². The number of hydrogen-bond donors (Lipinski definition) is 2. The summed E-state index contributed by atoms with van der Waals surface area (Å²) in [5.41, 5.74) is 3.61. The number of halogens is 4. The number of carboxylic acid groups (broad SMARTS) is 1. The largest absolute Gasteiger partial charge is 0.481 e. The number of pyridine rings is 1. The molecule has 0 radical (unpaired) electrons. The van der Waals surface area contributed by atoms with Crippen LogP contribution in [0.4, 0.5) is 13.2 Å². The third-order valence-corrected chi connectivity index (χ3v) is 2.47. The zero-order chi connectivity index (χ0) is 13.2. The lowest BCUT2D eigenvalue weighted by Crippen LogP contribution is -2.15. The maximum absolute atomic E-state index is 12.6. The highest BCUT2D eigenvalue weighted by Crippen LogP contribution is 2.35. The van der Waals surface area contributed by atoms with Crippen LogP contribution in [0.5, 0.6) is 0 Å². The van der Waals surface area contributed by atoms with E-state index < -0.39 is 29.7 Å². The molecule has 0 atom stereocenters. The molecule has 0 spiro atoms. The Kier molecular flexibility index (Phi) is 3.94. The molecule has 8 heteroatoms. The average Bonchev–Trinajstić information content (AvgIpc) is 2.18. The second-order valence-corrected chi connectivity index (χ2v) is 3.56. The van der Waals surface area contributed by atoms with Gasteiger partial charge >= 0.3 is 12.1 Å². The molecule has 0 fully saturated rings. The fourth-order valence-electron chi connectivity index (χ4n) is 1.28. The number of hydrogen-bond acceptors (Lipinski definition) is 3. The second-order valence-electron chi connectivity index (χ2n) is 3.18. The molecule has 1 aromatic heterocycles. The Morgan fingerprint density at radius 3 is 2.53 bits per heavy atom. The molecular formula is C9H8ClF3N2O2. The highest BCUT2D eigenvalue weighted by atomic mass is 35.5. The van der Waals surface area contributed by atoms with Gasteiger partial charge in [0, 0.05) is 12.7 Å². The number of aromatic nitrogens is 1. The summed E-state index contributed by atoms with van der Waals surface area (Å²) in [6.07, 6.45) is -4.98. The van der Waals surface area contributed by atoms with Gasteiger partial charge < -0.3 is 10.8 Å². The third kappa shape index (κ3) is 3.07. The number of alkyl halides is 3. The summed E-state index contributed by atoms with van der Waals surface area (Å²) >= 11 is 5.66. The van der Waals surface area contributed by atoms with Gasteiger partial charge in [-0.25, -0.2) is 0 Å². The first-order valence-corrected chi connectivity index (χ1v) is 4.80. The van der Waals surface area contributed by atoms with E-state index in [0.717, 1.165) is 0 Å². The molecule has 0 saturated heterocycles. The highest BCUT2D eigenvalue weighted by Gasteiger charge is 2.35. The van der Waals surface area contributed by atoms with Crippen molar-refractivity contribution >= 4 is 17.6 Å². The quantitative estimate of drug-likeness (QED) is 0.877. The molecule has 1 rings (SSSR count). The van der Waals surface area contributed by atoms with E-state index in [1.54, 1.807) is 0 Å². The van der Waals surface area contributed by atoms with E-state index in [2.05, 4.69) is 4.98 Å². The first-order valence-electron chi connectivity index (χ1n) is 4.42. The number of carboxylic acids is 1. The molecule has 0 amide bonds. The highest BCUT2D eigenvalue weighted by molar-refractivity contribution is 6.32. The topological polar surface area (TPSA) is 76.2 Å². The lowest BCUT2D eigenvalue weighted by Gasteiger charge is -2.14. The molecule has 3 N–H and O–H groups in total. The van der Waals surface area contributed by atoms with Crippen LogP contribution in [0.2, 0.25) is 5.02 Å². The molecule has 0 unspecified atom stereocenters. The smallest absolute Gasteiger partial charge is 0.418 e. The Morgan fingerprint density at radius 2 is 2.12 bits per heavy atom. The predicted octanol–water partition coefficient (Wildman–Crippen LogP) is 1.84. The van der Waals surface area contributed by atoms with Gasteiger partial charge in [0.05, 0.1) is 22.7 Å². The van der Waals surface area contributed by atoms with Gasteiger partial charge in [-0.05, 0) is 5.56 Å². The third-order valence-electron chi connectivity index (χ3n) is 2.02. The lowest BCUT2D eigenvalue weighted by atomic mass is 10.1. The summed E-state index contributed by atoms with van der Waals surface area (Å²) in [5, 5.41) is 8.22. The minimum Gasteiger partial charge on any atom is -0.481 e. The van der Waals surface area contributed by atoms with Crippen LogP contribution in [-0.4, -0.2) is 16.1 Å². The first kappa shape index (κ1) is 13.7. The van der Waals surface area contributed by atoms with E-state index in [0.29, 0.717) is 6.20 Å². The molecule has 0 aliphatic heterocycles. The first-order chi connectivity index (χ1) is 7.77. The van der Waals surface area contributed by atoms with Crippen molar-refractivity contribution in [3.05, 3.63) is 28.0 Å². The van der Waals surface area contributed by atoms with Crippen LogP contribution in [0.1, 0.15) is 16.8 Å². The fraction of sp³-hybridized carbons (Fsp3) is 0.333. The van der Waals surface area contributed by atoms with Gasteiger partial charge in [-0.3, -0.25) is 9.78 Å². The van der Waals surface area contributed by atoms with Crippen molar-refractivity contribution in [2.45, 2.75) is 19.1 Å². The Hall–Kier alpha value is -1.34. The maximum Gasteiger partial charge on any atom is 0.418 e. The Labute approximate surface area is 99.2 Å². The van der Waals surface area contributed by atoms with Gasteiger partial charge in [-0.1, -0.05) is 11.6 Å². The van der Waals surface area contributed by atoms with Crippen LogP contribution in [0, 0.1) is 0 Å². The summed E-state index contributed by atoms with van der Waals surface area (Å²) in [4.78, 5) is 14.0. The summed E-state index contributed by atoms with van der Waals surface area (Å²) in [5.74, 6) is -1.41. The molecule has 0 aliphatic rings. The van der Waals surface area contributed by atoms with E-state index in [-0.39, 0.29) is 17.3 Å². The Balaban J connectivity index is 3.41. The predicted molar refractivity (Wildman–Crippen MR) is 53.5 cm³/mol. The molecule has 0 aliphatic carbocycles. The van der Waals surface area contributed by atoms with Crippen LogP contribution in [0.25, 0.3) is 0 Å². The van der Waals surface area contributed by atoms with Crippen LogP contribution >= 0.6 is 11.6 Å². The van der Waals surface area contributed by atoms with Gasteiger partial charge in [0.25, 0.3) is 0 Å². The van der Waals surface area contributed by atoms with Crippen molar-refractivity contribution in [2.75, 3.05) is 0 Å². The zero-order valence-electron chi connectivity index (χ0n) is 8.38. The molecule has 0 bridgehead atoms. The van der Waals surface area contributed by atoms with Crippen molar-refractivity contribution in [1.82, 2.24) is 4.98 Å². The summed E-state index contributed by atoms with van der Waals surface area (Å²) in [6.45, 7) is -0.163. The van der Waals surface area contributed by atoms with Gasteiger partial charge in [-0.2, -0.15) is 13.2 Å². The standard InChI is InChI=1S/C9H8ClF3N2O2/c10-8-4(1-7(16)17)5(9(11,12)13)3-15-6(8)2-14/h3H,1-2,14H2,(H,16,17). The van der Waals surface area contributed by atoms with Gasteiger partial charge in [0.1, 0.15) is 0 Å². The van der Waals surface area contributed by atoms with Crippen molar-refractivity contribution in [2.24, 2.45) is 5.73 Å². The van der Waals surface area contributed by atoms with Crippen molar-refractivity contribution in [1.29, 1.82) is 0 Å². The van der Waals surface area contributed by atoms with Crippen LogP contribution in [0.3, 0.4) is 0 Å². The SMILES string of the molecule is NCc1ncc(C(F)(F)F)c(CC(=O)O)c1Cl. The number of nitrogens with zero attached hydrogens (tertiary/aromatic N) is 1. The Morgan fingerprint density at radius 1 is 1.53 bits per heavy atom. The molecule has 1 aromatic rings. The van der Waals surface area contributed by atoms with Crippen molar-refractivity contribution in [3.63, 3.8) is 0 Å². The van der Waals surface area contributed by atoms with E-state index in [1.807, 2.05) is 0 Å². The summed E-state index contributed by atoms with van der Waals surface area (Å²) in [6, 6.07) is 0. The Bertz CT molecular complexity index is 449. The normalized spacial score (nSPS) is 11.6.